The monoisotopic (exact) mass is 278 g/mol. The third kappa shape index (κ3) is 2.45. The van der Waals surface area contributed by atoms with Crippen LogP contribution in [0, 0.1) is 15.2 Å². The van der Waals surface area contributed by atoms with E-state index >= 15 is 0 Å². The molecule has 17 heavy (non-hydrogen) atoms. The van der Waals surface area contributed by atoms with E-state index < -0.39 is 24.3 Å². The highest BCUT2D eigenvalue weighted by Crippen LogP contribution is 2.28. The molecule has 3 atom stereocenters. The number of hydrogen-bond acceptors (Lipinski definition) is 5. The minimum Gasteiger partial charge on any atom is -0.394 e. The van der Waals surface area contributed by atoms with E-state index in [-0.39, 0.29) is 22.4 Å². The molecule has 0 saturated carbocycles. The largest absolute Gasteiger partial charge is 0.394 e. The normalized spacial score (nSPS) is 28.5. The first-order chi connectivity index (χ1) is 8.02. The van der Waals surface area contributed by atoms with E-state index in [1.807, 2.05) is 0 Å². The summed E-state index contributed by atoms with van der Waals surface area (Å²) in [5.41, 5.74) is 0. The summed E-state index contributed by atoms with van der Waals surface area (Å²) in [7, 11) is 0. The number of aromatic amines is 1. The van der Waals surface area contributed by atoms with Gasteiger partial charge in [0, 0.05) is 12.6 Å². The summed E-state index contributed by atoms with van der Waals surface area (Å²) in [5.74, 6) is -0.612. The highest BCUT2D eigenvalue weighted by Gasteiger charge is 2.34. The predicted molar refractivity (Wildman–Crippen MR) is 62.0 cm³/mol. The predicted octanol–water partition coefficient (Wildman–Crippen LogP) is 1.05. The summed E-state index contributed by atoms with van der Waals surface area (Å²) in [5, 5.41) is 18.5. The lowest BCUT2D eigenvalue weighted by Gasteiger charge is -2.15. The Morgan fingerprint density at radius 2 is 2.29 bits per heavy atom. The van der Waals surface area contributed by atoms with E-state index in [0.29, 0.717) is 0 Å². The van der Waals surface area contributed by atoms with Crippen LogP contribution < -0.4 is 0 Å². The van der Waals surface area contributed by atoms with Crippen LogP contribution in [0.15, 0.2) is 6.20 Å². The van der Waals surface area contributed by atoms with Gasteiger partial charge < -0.3 is 19.9 Å². The van der Waals surface area contributed by atoms with Gasteiger partial charge in [0.15, 0.2) is 10.6 Å². The van der Waals surface area contributed by atoms with Gasteiger partial charge in [0.2, 0.25) is 0 Å². The molecule has 1 aromatic rings. The number of rotatable bonds is 2. The molecule has 94 valence electrons. The Morgan fingerprint density at radius 3 is 2.88 bits per heavy atom. The molecular formula is C9H11FN2O3S2. The Morgan fingerprint density at radius 1 is 1.59 bits per heavy atom. The zero-order valence-corrected chi connectivity index (χ0v) is 10.3. The van der Waals surface area contributed by atoms with E-state index in [9.17, 15) is 9.50 Å². The highest BCUT2D eigenvalue weighted by molar-refractivity contribution is 7.72. The zero-order valence-electron chi connectivity index (χ0n) is 8.67. The second kappa shape index (κ2) is 4.91. The van der Waals surface area contributed by atoms with Crippen molar-refractivity contribution < 1.29 is 19.3 Å². The lowest BCUT2D eigenvalue weighted by molar-refractivity contribution is -0.0455. The Bertz CT molecular complexity index is 530. The minimum absolute atomic E-state index is 0.0662. The average Bonchev–Trinajstić information content (AvgIpc) is 2.65. The number of nitrogens with zero attached hydrogens (tertiary/aromatic N) is 1. The number of H-pyrrole nitrogens is 1. The van der Waals surface area contributed by atoms with Gasteiger partial charge in [-0.25, -0.2) is 4.39 Å². The van der Waals surface area contributed by atoms with Crippen molar-refractivity contribution in [2.45, 2.75) is 24.9 Å². The Hall–Kier alpha value is -0.670. The van der Waals surface area contributed by atoms with Crippen LogP contribution in [0.4, 0.5) is 4.39 Å². The van der Waals surface area contributed by atoms with E-state index in [4.69, 9.17) is 34.3 Å². The van der Waals surface area contributed by atoms with Crippen molar-refractivity contribution in [3.63, 3.8) is 0 Å². The molecular weight excluding hydrogens is 267 g/mol. The molecule has 0 unspecified atom stereocenters. The van der Waals surface area contributed by atoms with Crippen LogP contribution in [0.5, 0.6) is 0 Å². The molecule has 0 bridgehead atoms. The Balaban J connectivity index is 2.34. The van der Waals surface area contributed by atoms with Crippen LogP contribution in [0.25, 0.3) is 0 Å². The number of halogens is 1. The molecule has 1 aliphatic heterocycles. The van der Waals surface area contributed by atoms with Gasteiger partial charge in [0.05, 0.1) is 12.7 Å². The van der Waals surface area contributed by atoms with Crippen molar-refractivity contribution >= 4 is 24.4 Å². The van der Waals surface area contributed by atoms with Crippen LogP contribution in [0.3, 0.4) is 0 Å². The number of aliphatic hydroxyl groups excluding tert-OH is 2. The zero-order chi connectivity index (χ0) is 12.6. The van der Waals surface area contributed by atoms with E-state index in [0.717, 1.165) is 6.20 Å². The van der Waals surface area contributed by atoms with Crippen LogP contribution in [-0.4, -0.2) is 38.6 Å². The molecule has 1 saturated heterocycles. The molecule has 5 nitrogen and oxygen atoms in total. The van der Waals surface area contributed by atoms with Gasteiger partial charge in [-0.3, -0.25) is 4.57 Å². The molecule has 0 spiro atoms. The van der Waals surface area contributed by atoms with Crippen molar-refractivity contribution in [2.75, 3.05) is 6.61 Å². The molecule has 0 radical (unpaired) electrons. The molecule has 1 aromatic heterocycles. The first-order valence-electron chi connectivity index (χ1n) is 4.98. The smallest absolute Gasteiger partial charge is 0.180 e. The summed E-state index contributed by atoms with van der Waals surface area (Å²) >= 11 is 9.70. The molecule has 8 heteroatoms. The second-order valence-electron chi connectivity index (χ2n) is 3.76. The molecule has 1 fully saturated rings. The molecule has 2 rings (SSSR count). The van der Waals surface area contributed by atoms with Gasteiger partial charge in [0.25, 0.3) is 0 Å². The minimum atomic E-state index is -0.793. The fourth-order valence-electron chi connectivity index (χ4n) is 1.72. The van der Waals surface area contributed by atoms with Crippen LogP contribution >= 0.6 is 24.4 Å². The summed E-state index contributed by atoms with van der Waals surface area (Å²) in [6.45, 7) is -0.295. The Kier molecular flexibility index (Phi) is 3.69. The van der Waals surface area contributed by atoms with Crippen molar-refractivity contribution in [1.82, 2.24) is 9.55 Å². The van der Waals surface area contributed by atoms with Crippen LogP contribution in [-0.2, 0) is 4.74 Å². The SMILES string of the molecule is OC[C@H]1O[C@@H](n2cc(F)c(=S)[nH]c2=S)C[C@@H]1O. The van der Waals surface area contributed by atoms with Gasteiger partial charge in [-0.1, -0.05) is 12.2 Å². The third-order valence-corrected chi connectivity index (χ3v) is 3.23. The van der Waals surface area contributed by atoms with E-state index in [2.05, 4.69) is 4.98 Å². The summed E-state index contributed by atoms with van der Waals surface area (Å²) in [4.78, 5) is 2.53. The van der Waals surface area contributed by atoms with Crippen LogP contribution in [0.2, 0.25) is 0 Å². The van der Waals surface area contributed by atoms with E-state index in [1.165, 1.54) is 4.57 Å². The molecule has 1 aliphatic rings. The van der Waals surface area contributed by atoms with Gasteiger partial charge in [-0.2, -0.15) is 0 Å². The molecule has 3 N–H and O–H groups in total. The number of aromatic nitrogens is 2. The van der Waals surface area contributed by atoms with Crippen LogP contribution in [0.1, 0.15) is 12.6 Å². The number of aliphatic hydroxyl groups is 2. The maximum atomic E-state index is 13.3. The van der Waals surface area contributed by atoms with Crippen molar-refractivity contribution in [3.8, 4) is 0 Å². The maximum absolute atomic E-state index is 13.3. The second-order valence-corrected chi connectivity index (χ2v) is 4.55. The molecule has 0 amide bonds. The standard InChI is InChI=1S/C9H11FN2O3S2/c10-4-2-12(9(17)11-8(4)16)7-1-5(14)6(3-13)15-7/h2,5-7,13-14H,1,3H2,(H,11,16,17)/t5-,6+,7+/m0/s1. The fourth-order valence-corrected chi connectivity index (χ4v) is 2.21. The van der Waals surface area contributed by atoms with Gasteiger partial charge >= 0.3 is 0 Å². The molecule has 0 aliphatic carbocycles. The molecule has 2 heterocycles. The van der Waals surface area contributed by atoms with Gasteiger partial charge in [-0.05, 0) is 12.2 Å². The lowest BCUT2D eigenvalue weighted by atomic mass is 10.2. The average molecular weight is 278 g/mol. The molecule has 0 aromatic carbocycles. The fraction of sp³-hybridized carbons (Fsp3) is 0.556. The first-order valence-corrected chi connectivity index (χ1v) is 5.80. The van der Waals surface area contributed by atoms with Crippen molar-refractivity contribution in [3.05, 3.63) is 21.4 Å². The first kappa shape index (κ1) is 12.8. The van der Waals surface area contributed by atoms with E-state index in [1.54, 1.807) is 0 Å². The maximum Gasteiger partial charge on any atom is 0.180 e. The number of ether oxygens (including phenoxy) is 1. The van der Waals surface area contributed by atoms with Gasteiger partial charge in [-0.15, -0.1) is 0 Å². The number of hydrogen-bond donors (Lipinski definition) is 3. The summed E-state index contributed by atoms with van der Waals surface area (Å²) in [6, 6.07) is 0. The number of nitrogens with one attached hydrogen (secondary N) is 1. The summed E-state index contributed by atoms with van der Waals surface area (Å²) < 4.78 is 20.2. The quantitative estimate of drug-likeness (QED) is 0.706. The van der Waals surface area contributed by atoms with Crippen molar-refractivity contribution in [2.24, 2.45) is 0 Å². The van der Waals surface area contributed by atoms with Gasteiger partial charge in [0.1, 0.15) is 17.0 Å². The topological polar surface area (TPSA) is 70.4 Å². The lowest BCUT2D eigenvalue weighted by Crippen LogP contribution is -2.24. The Labute approximate surface area is 106 Å². The highest BCUT2D eigenvalue weighted by atomic mass is 32.1. The van der Waals surface area contributed by atoms with Crippen molar-refractivity contribution in [1.29, 1.82) is 0 Å². The third-order valence-electron chi connectivity index (χ3n) is 2.62. The summed E-state index contributed by atoms with van der Waals surface area (Å²) in [6.07, 6.45) is -0.690.